The highest BCUT2D eigenvalue weighted by atomic mass is 16.3. The molecule has 1 fully saturated rings. The van der Waals surface area contributed by atoms with Gasteiger partial charge in [-0.1, -0.05) is 30.3 Å². The molecule has 1 N–H and O–H groups in total. The average molecular weight is 268 g/mol. The first-order valence-electron chi connectivity index (χ1n) is 7.13. The van der Waals surface area contributed by atoms with E-state index in [0.29, 0.717) is 0 Å². The molecule has 0 bridgehead atoms. The SMILES string of the molecule is Cc1cc(N2CCC(O)(c3ccccc3)CC2)ccn1. The lowest BCUT2D eigenvalue weighted by Crippen LogP contribution is -2.42. The fourth-order valence-electron chi connectivity index (χ4n) is 2.90. The van der Waals surface area contributed by atoms with E-state index in [9.17, 15) is 5.11 Å². The Labute approximate surface area is 119 Å². The molecule has 0 aliphatic carbocycles. The lowest BCUT2D eigenvalue weighted by atomic mass is 9.84. The summed E-state index contributed by atoms with van der Waals surface area (Å²) in [4.78, 5) is 6.56. The Morgan fingerprint density at radius 1 is 1.10 bits per heavy atom. The maximum atomic E-state index is 10.8. The third-order valence-electron chi connectivity index (χ3n) is 4.15. The smallest absolute Gasteiger partial charge is 0.0930 e. The highest BCUT2D eigenvalue weighted by Gasteiger charge is 2.33. The van der Waals surface area contributed by atoms with Crippen molar-refractivity contribution in [2.24, 2.45) is 0 Å². The second-order valence-electron chi connectivity index (χ2n) is 5.54. The molecule has 0 atom stereocenters. The van der Waals surface area contributed by atoms with E-state index in [1.807, 2.05) is 49.5 Å². The second-order valence-corrected chi connectivity index (χ2v) is 5.54. The fourth-order valence-corrected chi connectivity index (χ4v) is 2.90. The number of benzene rings is 1. The van der Waals surface area contributed by atoms with Gasteiger partial charge in [-0.3, -0.25) is 4.98 Å². The Kier molecular flexibility index (Phi) is 3.45. The molecule has 3 nitrogen and oxygen atoms in total. The summed E-state index contributed by atoms with van der Waals surface area (Å²) >= 11 is 0. The summed E-state index contributed by atoms with van der Waals surface area (Å²) in [6, 6.07) is 14.2. The van der Waals surface area contributed by atoms with Gasteiger partial charge in [0.2, 0.25) is 0 Å². The van der Waals surface area contributed by atoms with E-state index in [4.69, 9.17) is 0 Å². The van der Waals surface area contributed by atoms with Crippen molar-refractivity contribution >= 4 is 5.69 Å². The molecule has 0 spiro atoms. The Morgan fingerprint density at radius 2 is 1.80 bits per heavy atom. The van der Waals surface area contributed by atoms with Crippen LogP contribution in [-0.2, 0) is 5.60 Å². The van der Waals surface area contributed by atoms with E-state index < -0.39 is 5.60 Å². The van der Waals surface area contributed by atoms with Crippen molar-refractivity contribution in [2.45, 2.75) is 25.4 Å². The molecule has 1 aliphatic heterocycles. The van der Waals surface area contributed by atoms with Gasteiger partial charge in [0.25, 0.3) is 0 Å². The van der Waals surface area contributed by atoms with Gasteiger partial charge in [0.05, 0.1) is 5.60 Å². The summed E-state index contributed by atoms with van der Waals surface area (Å²) in [6.07, 6.45) is 3.37. The van der Waals surface area contributed by atoms with Crippen LogP contribution in [0.4, 0.5) is 5.69 Å². The molecule has 20 heavy (non-hydrogen) atoms. The largest absolute Gasteiger partial charge is 0.385 e. The number of rotatable bonds is 2. The predicted molar refractivity (Wildman–Crippen MR) is 80.8 cm³/mol. The van der Waals surface area contributed by atoms with Crippen molar-refractivity contribution < 1.29 is 5.11 Å². The molecule has 2 aromatic rings. The first-order chi connectivity index (χ1) is 9.67. The summed E-state index contributed by atoms with van der Waals surface area (Å²) in [5.74, 6) is 0. The Morgan fingerprint density at radius 3 is 2.45 bits per heavy atom. The number of hydrogen-bond acceptors (Lipinski definition) is 3. The number of nitrogens with zero attached hydrogens (tertiary/aromatic N) is 2. The lowest BCUT2D eigenvalue weighted by Gasteiger charge is -2.39. The first kappa shape index (κ1) is 13.1. The average Bonchev–Trinajstić information content (AvgIpc) is 2.49. The number of hydrogen-bond donors (Lipinski definition) is 1. The van der Waals surface area contributed by atoms with Crippen molar-refractivity contribution in [1.29, 1.82) is 0 Å². The number of aryl methyl sites for hydroxylation is 1. The molecule has 1 aromatic heterocycles. The monoisotopic (exact) mass is 268 g/mol. The van der Waals surface area contributed by atoms with Gasteiger partial charge >= 0.3 is 0 Å². The minimum absolute atomic E-state index is 0.681. The molecule has 3 heteroatoms. The molecular formula is C17H20N2O. The highest BCUT2D eigenvalue weighted by molar-refractivity contribution is 5.47. The van der Waals surface area contributed by atoms with Crippen LogP contribution in [0, 0.1) is 6.92 Å². The third kappa shape index (κ3) is 2.54. The Bertz CT molecular complexity index is 575. The van der Waals surface area contributed by atoms with Gasteiger partial charge in [-0.15, -0.1) is 0 Å². The Balaban J connectivity index is 1.74. The minimum Gasteiger partial charge on any atom is -0.385 e. The number of aromatic nitrogens is 1. The molecule has 0 saturated carbocycles. The number of pyridine rings is 1. The van der Waals surface area contributed by atoms with E-state index in [1.165, 1.54) is 5.69 Å². The third-order valence-corrected chi connectivity index (χ3v) is 4.15. The number of anilines is 1. The van der Waals surface area contributed by atoms with Gasteiger partial charge in [-0.25, -0.2) is 0 Å². The van der Waals surface area contributed by atoms with Crippen LogP contribution in [0.5, 0.6) is 0 Å². The van der Waals surface area contributed by atoms with E-state index in [-0.39, 0.29) is 0 Å². The zero-order chi connectivity index (χ0) is 14.0. The number of aliphatic hydroxyl groups is 1. The maximum absolute atomic E-state index is 10.8. The molecule has 1 saturated heterocycles. The van der Waals surface area contributed by atoms with Gasteiger partial charge in [0.1, 0.15) is 0 Å². The van der Waals surface area contributed by atoms with Crippen LogP contribution >= 0.6 is 0 Å². The van der Waals surface area contributed by atoms with Gasteiger partial charge in [0.15, 0.2) is 0 Å². The van der Waals surface area contributed by atoms with E-state index >= 15 is 0 Å². The van der Waals surface area contributed by atoms with Gasteiger partial charge < -0.3 is 10.0 Å². The summed E-state index contributed by atoms with van der Waals surface area (Å²) in [5.41, 5.74) is 2.59. The fraction of sp³-hybridized carbons (Fsp3) is 0.353. The number of piperidine rings is 1. The van der Waals surface area contributed by atoms with Crippen molar-refractivity contribution in [3.8, 4) is 0 Å². The van der Waals surface area contributed by atoms with Gasteiger partial charge in [-0.05, 0) is 37.5 Å². The lowest BCUT2D eigenvalue weighted by molar-refractivity contribution is 0.0118. The highest BCUT2D eigenvalue weighted by Crippen LogP contribution is 2.34. The van der Waals surface area contributed by atoms with Crippen LogP contribution < -0.4 is 4.90 Å². The van der Waals surface area contributed by atoms with Crippen LogP contribution in [0.15, 0.2) is 48.7 Å². The predicted octanol–water partition coefficient (Wildman–Crippen LogP) is 2.88. The molecule has 3 rings (SSSR count). The normalized spacial score (nSPS) is 18.0. The zero-order valence-electron chi connectivity index (χ0n) is 11.8. The standard InChI is InChI=1S/C17H20N2O/c1-14-13-16(7-10-18-14)19-11-8-17(20,9-12-19)15-5-3-2-4-6-15/h2-7,10,13,20H,8-9,11-12H2,1H3. The van der Waals surface area contributed by atoms with Crippen LogP contribution in [0.1, 0.15) is 24.1 Å². The van der Waals surface area contributed by atoms with Crippen molar-refractivity contribution in [1.82, 2.24) is 4.98 Å². The second kappa shape index (κ2) is 5.25. The summed E-state index contributed by atoms with van der Waals surface area (Å²) in [5, 5.41) is 10.8. The van der Waals surface area contributed by atoms with Crippen LogP contribution in [0.25, 0.3) is 0 Å². The molecule has 0 amide bonds. The molecule has 1 aromatic carbocycles. The molecule has 104 valence electrons. The summed E-state index contributed by atoms with van der Waals surface area (Å²) < 4.78 is 0. The van der Waals surface area contributed by atoms with Crippen molar-refractivity contribution in [3.05, 3.63) is 59.9 Å². The maximum Gasteiger partial charge on any atom is 0.0930 e. The van der Waals surface area contributed by atoms with Crippen LogP contribution in [0.2, 0.25) is 0 Å². The van der Waals surface area contributed by atoms with Crippen LogP contribution in [0.3, 0.4) is 0 Å². The summed E-state index contributed by atoms with van der Waals surface area (Å²) in [7, 11) is 0. The van der Waals surface area contributed by atoms with Crippen molar-refractivity contribution in [2.75, 3.05) is 18.0 Å². The van der Waals surface area contributed by atoms with Gasteiger partial charge in [0, 0.05) is 30.7 Å². The summed E-state index contributed by atoms with van der Waals surface area (Å²) in [6.45, 7) is 3.75. The van der Waals surface area contributed by atoms with Gasteiger partial charge in [-0.2, -0.15) is 0 Å². The van der Waals surface area contributed by atoms with E-state index in [2.05, 4.69) is 16.0 Å². The minimum atomic E-state index is -0.681. The topological polar surface area (TPSA) is 36.4 Å². The molecular weight excluding hydrogens is 248 g/mol. The molecule has 1 aliphatic rings. The molecule has 0 unspecified atom stereocenters. The van der Waals surface area contributed by atoms with Crippen LogP contribution in [-0.4, -0.2) is 23.2 Å². The first-order valence-corrected chi connectivity index (χ1v) is 7.13. The van der Waals surface area contributed by atoms with Crippen molar-refractivity contribution in [3.63, 3.8) is 0 Å². The zero-order valence-corrected chi connectivity index (χ0v) is 11.8. The molecule has 2 heterocycles. The van der Waals surface area contributed by atoms with E-state index in [0.717, 1.165) is 37.2 Å². The molecule has 0 radical (unpaired) electrons. The van der Waals surface area contributed by atoms with E-state index in [1.54, 1.807) is 0 Å². The quantitative estimate of drug-likeness (QED) is 0.910. The Hall–Kier alpha value is -1.87.